The summed E-state index contributed by atoms with van der Waals surface area (Å²) in [6.45, 7) is 3.59. The Balaban J connectivity index is 1.75. The Morgan fingerprint density at radius 2 is 1.46 bits per heavy atom. The second-order valence-corrected chi connectivity index (χ2v) is 12.3. The van der Waals surface area contributed by atoms with E-state index in [0.29, 0.717) is 10.8 Å². The molecule has 1 aromatic heterocycles. The van der Waals surface area contributed by atoms with Crippen LogP contribution in [-0.4, -0.2) is 57.3 Å². The van der Waals surface area contributed by atoms with Crippen molar-refractivity contribution < 1.29 is 43.9 Å². The van der Waals surface area contributed by atoms with E-state index < -0.39 is 74.4 Å². The number of aromatic nitrogens is 2. The molecule has 0 radical (unpaired) electrons. The highest BCUT2D eigenvalue weighted by atomic mass is 32.2. The van der Waals surface area contributed by atoms with E-state index in [0.717, 1.165) is 18.1 Å². The van der Waals surface area contributed by atoms with Crippen molar-refractivity contribution in [1.29, 1.82) is 0 Å². The number of rotatable bonds is 9. The van der Waals surface area contributed by atoms with Gasteiger partial charge >= 0.3 is 11.7 Å². The van der Waals surface area contributed by atoms with Crippen molar-refractivity contribution in [2.45, 2.75) is 55.1 Å². The van der Waals surface area contributed by atoms with E-state index in [-0.39, 0.29) is 9.79 Å². The summed E-state index contributed by atoms with van der Waals surface area (Å²) in [5.41, 5.74) is -0.999. The van der Waals surface area contributed by atoms with Gasteiger partial charge in [-0.05, 0) is 38.1 Å². The molecule has 41 heavy (non-hydrogen) atoms. The second kappa shape index (κ2) is 11.7. The van der Waals surface area contributed by atoms with E-state index in [1.54, 1.807) is 18.8 Å². The first-order valence-electron chi connectivity index (χ1n) is 12.0. The zero-order valence-corrected chi connectivity index (χ0v) is 23.5. The van der Waals surface area contributed by atoms with Crippen LogP contribution in [0.5, 0.6) is 0 Å². The molecule has 4 atom stereocenters. The quantitative estimate of drug-likeness (QED) is 0.272. The third-order valence-corrected chi connectivity index (χ3v) is 8.65. The van der Waals surface area contributed by atoms with Gasteiger partial charge in [-0.15, -0.1) is 0 Å². The van der Waals surface area contributed by atoms with Gasteiger partial charge in [0.25, 0.3) is 25.8 Å². The predicted octanol–water partition coefficient (Wildman–Crippen LogP) is 1.30. The molecule has 0 aliphatic carbocycles. The number of carbonyl (C=O) groups excluding carboxylic acids is 1. The van der Waals surface area contributed by atoms with Crippen LogP contribution in [-0.2, 0) is 42.9 Å². The molecule has 0 bridgehead atoms. The van der Waals surface area contributed by atoms with E-state index in [9.17, 15) is 35.6 Å². The number of nitrogens with one attached hydrogen (secondary N) is 1. The molecule has 1 fully saturated rings. The molecule has 1 aliphatic rings. The molecule has 3 aromatic rings. The molecule has 0 unspecified atom stereocenters. The fraction of sp³-hybridized carbons (Fsp3) is 0.320. The van der Waals surface area contributed by atoms with Gasteiger partial charge in [0.05, 0.1) is 22.6 Å². The fourth-order valence-electron chi connectivity index (χ4n) is 3.99. The van der Waals surface area contributed by atoms with Crippen LogP contribution in [0.1, 0.15) is 24.3 Å². The lowest BCUT2D eigenvalue weighted by molar-refractivity contribution is -0.155. The van der Waals surface area contributed by atoms with Crippen molar-refractivity contribution in [3.63, 3.8) is 0 Å². The Bertz CT molecular complexity index is 1770. The number of nitrogens with zero attached hydrogens (tertiary/aromatic N) is 1. The largest absolute Gasteiger partial charge is 0.455 e. The Morgan fingerprint density at radius 3 is 2.00 bits per heavy atom. The molecule has 0 spiro atoms. The van der Waals surface area contributed by atoms with Gasteiger partial charge in [-0.2, -0.15) is 21.2 Å². The minimum atomic E-state index is -4.60. The molecule has 0 saturated carbocycles. The van der Waals surface area contributed by atoms with Crippen molar-refractivity contribution in [3.8, 4) is 0 Å². The first kappa shape index (κ1) is 30.3. The number of hydrogen-bond donors (Lipinski definition) is 1. The molecule has 2 heterocycles. The SMILES string of the molecule is CC(=O)O[C@@H]1[C@H](OS(=O)(=O)c2ccc(C)cc2)[C@@H](COS(=O)(=O)c2ccc(C)cc2)O[C@H]1n1cc(F)c(=O)[nH]c1=O. The van der Waals surface area contributed by atoms with Gasteiger partial charge in [0.15, 0.2) is 12.3 Å². The highest BCUT2D eigenvalue weighted by Gasteiger charge is 2.52. The summed E-state index contributed by atoms with van der Waals surface area (Å²) < 4.78 is 88.2. The molecule has 2 aromatic carbocycles. The summed E-state index contributed by atoms with van der Waals surface area (Å²) in [6, 6.07) is 11.2. The molecule has 16 heteroatoms. The van der Waals surface area contributed by atoms with E-state index >= 15 is 0 Å². The van der Waals surface area contributed by atoms with Gasteiger partial charge in [0, 0.05) is 6.92 Å². The molecule has 0 amide bonds. The van der Waals surface area contributed by atoms with Gasteiger partial charge in [-0.1, -0.05) is 35.4 Å². The number of halogens is 1. The third-order valence-electron chi connectivity index (χ3n) is 6.03. The van der Waals surface area contributed by atoms with Crippen molar-refractivity contribution >= 4 is 26.2 Å². The predicted molar refractivity (Wildman–Crippen MR) is 138 cm³/mol. The number of ether oxygens (including phenoxy) is 2. The molecular formula is C25H25FN2O11S2. The highest BCUT2D eigenvalue weighted by Crippen LogP contribution is 2.36. The van der Waals surface area contributed by atoms with Crippen LogP contribution in [0, 0.1) is 19.7 Å². The van der Waals surface area contributed by atoms with Gasteiger partial charge in [0.1, 0.15) is 12.2 Å². The van der Waals surface area contributed by atoms with E-state index in [1.807, 2.05) is 0 Å². The lowest BCUT2D eigenvalue weighted by Gasteiger charge is -2.24. The minimum Gasteiger partial charge on any atom is -0.455 e. The maximum atomic E-state index is 14.1. The Labute approximate surface area is 233 Å². The number of esters is 1. The monoisotopic (exact) mass is 612 g/mol. The third kappa shape index (κ3) is 6.79. The standard InChI is InChI=1S/C25H25FN2O11S2/c1-14-4-8-17(9-5-14)40(32,33)36-13-20-21(39-41(34,35)18-10-6-15(2)7-11-18)22(37-16(3)29)24(38-20)28-12-19(26)23(30)27-25(28)31/h4-12,20-22,24H,13H2,1-3H3,(H,27,30,31)/t20-,21-,22-,24-/m1/s1. The van der Waals surface area contributed by atoms with Crippen molar-refractivity contribution in [1.82, 2.24) is 9.55 Å². The topological polar surface area (TPSA) is 177 Å². The van der Waals surface area contributed by atoms with Crippen LogP contribution in [0.2, 0.25) is 0 Å². The maximum Gasteiger partial charge on any atom is 0.330 e. The van der Waals surface area contributed by atoms with Gasteiger partial charge in [0.2, 0.25) is 5.82 Å². The van der Waals surface area contributed by atoms with Crippen LogP contribution >= 0.6 is 0 Å². The molecule has 220 valence electrons. The van der Waals surface area contributed by atoms with Gasteiger partial charge < -0.3 is 9.47 Å². The lowest BCUT2D eigenvalue weighted by atomic mass is 10.1. The average molecular weight is 613 g/mol. The number of hydrogen-bond acceptors (Lipinski definition) is 11. The lowest BCUT2D eigenvalue weighted by Crippen LogP contribution is -2.43. The summed E-state index contributed by atoms with van der Waals surface area (Å²) in [7, 11) is -9.00. The summed E-state index contributed by atoms with van der Waals surface area (Å²) in [4.78, 5) is 37.3. The first-order valence-corrected chi connectivity index (χ1v) is 14.8. The normalized spacial score (nSPS) is 21.1. The second-order valence-electron chi connectivity index (χ2n) is 9.16. The summed E-state index contributed by atoms with van der Waals surface area (Å²) in [5, 5.41) is 0. The zero-order valence-electron chi connectivity index (χ0n) is 21.8. The van der Waals surface area contributed by atoms with Crippen LogP contribution in [0.15, 0.2) is 74.1 Å². The molecular weight excluding hydrogens is 587 g/mol. The number of benzene rings is 2. The fourth-order valence-corrected chi connectivity index (χ4v) is 6.01. The van der Waals surface area contributed by atoms with Crippen LogP contribution < -0.4 is 11.2 Å². The number of aryl methyl sites for hydroxylation is 2. The van der Waals surface area contributed by atoms with E-state index in [2.05, 4.69) is 0 Å². The van der Waals surface area contributed by atoms with Crippen LogP contribution in [0.25, 0.3) is 0 Å². The summed E-state index contributed by atoms with van der Waals surface area (Å²) in [6.07, 6.45) is -6.42. The molecule has 1 aliphatic heterocycles. The zero-order chi connectivity index (χ0) is 30.1. The highest BCUT2D eigenvalue weighted by molar-refractivity contribution is 7.87. The Kier molecular flexibility index (Phi) is 8.60. The van der Waals surface area contributed by atoms with Crippen LogP contribution in [0.4, 0.5) is 4.39 Å². The van der Waals surface area contributed by atoms with Crippen molar-refractivity contribution in [2.75, 3.05) is 6.61 Å². The number of carbonyl (C=O) groups is 1. The van der Waals surface area contributed by atoms with E-state index in [4.69, 9.17) is 17.8 Å². The van der Waals surface area contributed by atoms with Gasteiger partial charge in [-0.3, -0.25) is 27.5 Å². The average Bonchev–Trinajstić information content (AvgIpc) is 3.21. The maximum absolute atomic E-state index is 14.1. The van der Waals surface area contributed by atoms with E-state index in [1.165, 1.54) is 48.5 Å². The molecule has 13 nitrogen and oxygen atoms in total. The molecule has 4 rings (SSSR count). The molecule has 1 N–H and O–H groups in total. The smallest absolute Gasteiger partial charge is 0.330 e. The molecule has 1 saturated heterocycles. The van der Waals surface area contributed by atoms with Crippen LogP contribution in [0.3, 0.4) is 0 Å². The Hall–Kier alpha value is -3.70. The number of aromatic amines is 1. The van der Waals surface area contributed by atoms with Crippen molar-refractivity contribution in [2.24, 2.45) is 0 Å². The number of H-pyrrole nitrogens is 1. The Morgan fingerprint density at radius 1 is 0.927 bits per heavy atom. The minimum absolute atomic E-state index is 0.210. The first-order chi connectivity index (χ1) is 19.2. The van der Waals surface area contributed by atoms with Gasteiger partial charge in [-0.25, -0.2) is 4.79 Å². The summed E-state index contributed by atoms with van der Waals surface area (Å²) in [5.74, 6) is -2.36. The summed E-state index contributed by atoms with van der Waals surface area (Å²) >= 11 is 0. The van der Waals surface area contributed by atoms with Crippen molar-refractivity contribution in [3.05, 3.63) is 92.5 Å².